The van der Waals surface area contributed by atoms with Crippen molar-refractivity contribution in [3.63, 3.8) is 0 Å². The number of aromatic nitrogens is 4. The third kappa shape index (κ3) is 3.18. The Morgan fingerprint density at radius 3 is 2.67 bits per heavy atom. The predicted octanol–water partition coefficient (Wildman–Crippen LogP) is 1.87. The summed E-state index contributed by atoms with van der Waals surface area (Å²) >= 11 is 5.73. The molecule has 0 aromatic carbocycles. The normalized spacial score (nSPS) is 11.3. The summed E-state index contributed by atoms with van der Waals surface area (Å²) in [5.74, 6) is 0.132. The van der Waals surface area contributed by atoms with Crippen molar-refractivity contribution >= 4 is 11.6 Å². The van der Waals surface area contributed by atoms with E-state index >= 15 is 0 Å². The highest BCUT2D eigenvalue weighted by Crippen LogP contribution is 2.15. The van der Waals surface area contributed by atoms with Crippen LogP contribution in [0.25, 0.3) is 11.4 Å². The number of pyridine rings is 2. The summed E-state index contributed by atoms with van der Waals surface area (Å²) in [6.45, 7) is -0.678. The van der Waals surface area contributed by atoms with E-state index in [0.717, 1.165) is 5.56 Å². The van der Waals surface area contributed by atoms with Crippen LogP contribution in [0.4, 0.5) is 8.78 Å². The topological polar surface area (TPSA) is 69.8 Å². The van der Waals surface area contributed by atoms with Crippen LogP contribution in [0.3, 0.4) is 0 Å². The smallest absolute Gasteiger partial charge is 0.328 e. The van der Waals surface area contributed by atoms with Crippen LogP contribution in [0.1, 0.15) is 5.56 Å². The lowest BCUT2D eigenvalue weighted by molar-refractivity contribution is 0.123. The molecule has 3 heterocycles. The van der Waals surface area contributed by atoms with Crippen molar-refractivity contribution in [1.29, 1.82) is 0 Å². The maximum atomic E-state index is 12.5. The maximum Gasteiger partial charge on any atom is 0.352 e. The molecular formula is C15H11ClF2N4O2. The van der Waals surface area contributed by atoms with Gasteiger partial charge in [-0.15, -0.1) is 0 Å². The molecule has 6 nitrogen and oxygen atoms in total. The van der Waals surface area contributed by atoms with Crippen molar-refractivity contribution < 1.29 is 8.78 Å². The van der Waals surface area contributed by atoms with Gasteiger partial charge in [-0.3, -0.25) is 9.36 Å². The Labute approximate surface area is 139 Å². The van der Waals surface area contributed by atoms with Gasteiger partial charge in [0.25, 0.3) is 12.0 Å². The van der Waals surface area contributed by atoms with Crippen molar-refractivity contribution in [3.05, 3.63) is 68.2 Å². The van der Waals surface area contributed by atoms with Crippen molar-refractivity contribution in [2.24, 2.45) is 0 Å². The molecule has 0 aliphatic carbocycles. The van der Waals surface area contributed by atoms with E-state index in [4.69, 9.17) is 11.6 Å². The Kier molecular flexibility index (Phi) is 4.39. The van der Waals surface area contributed by atoms with Gasteiger partial charge < -0.3 is 4.57 Å². The molecule has 124 valence electrons. The summed E-state index contributed by atoms with van der Waals surface area (Å²) in [5.41, 5.74) is -0.904. The van der Waals surface area contributed by atoms with Gasteiger partial charge in [-0.05, 0) is 23.8 Å². The second-order valence-corrected chi connectivity index (χ2v) is 5.45. The number of fused-ring (bicyclic) bond motifs is 1. The average Bonchev–Trinajstić information content (AvgIpc) is 2.54. The van der Waals surface area contributed by atoms with E-state index in [-0.39, 0.29) is 11.4 Å². The molecule has 0 amide bonds. The van der Waals surface area contributed by atoms with E-state index in [9.17, 15) is 18.4 Å². The Hall–Kier alpha value is -2.61. The average molecular weight is 353 g/mol. The molecule has 0 unspecified atom stereocenters. The van der Waals surface area contributed by atoms with E-state index in [1.807, 2.05) is 0 Å². The number of nitrogens with zero attached hydrogens (tertiary/aromatic N) is 4. The largest absolute Gasteiger partial charge is 0.352 e. The fourth-order valence-corrected chi connectivity index (χ4v) is 2.45. The summed E-state index contributed by atoms with van der Waals surface area (Å²) in [6, 6.07) is 6.40. The SMILES string of the molecule is O=c1nc2n(Cc3ccc(Cl)nc3)cccc-2c(=O)n1CC(F)F. The minimum absolute atomic E-state index is 0.0969. The molecule has 2 aliphatic rings. The Bertz CT molecular complexity index is 953. The molecule has 1 aromatic rings. The number of hydrogen-bond donors (Lipinski definition) is 0. The van der Waals surface area contributed by atoms with Crippen LogP contribution < -0.4 is 11.2 Å². The molecule has 0 bridgehead atoms. The molecule has 24 heavy (non-hydrogen) atoms. The van der Waals surface area contributed by atoms with Gasteiger partial charge >= 0.3 is 5.69 Å². The van der Waals surface area contributed by atoms with Gasteiger partial charge in [0.1, 0.15) is 5.15 Å². The molecule has 3 rings (SSSR count). The van der Waals surface area contributed by atoms with Crippen molar-refractivity contribution in [1.82, 2.24) is 19.1 Å². The van der Waals surface area contributed by atoms with Crippen LogP contribution in [0.5, 0.6) is 0 Å². The highest BCUT2D eigenvalue weighted by molar-refractivity contribution is 6.29. The first-order valence-corrected chi connectivity index (χ1v) is 7.32. The quantitative estimate of drug-likeness (QED) is 0.672. The van der Waals surface area contributed by atoms with Crippen LogP contribution in [-0.4, -0.2) is 25.5 Å². The van der Waals surface area contributed by atoms with Gasteiger partial charge in [0, 0.05) is 12.4 Å². The second-order valence-electron chi connectivity index (χ2n) is 5.06. The number of halogens is 3. The third-order valence-electron chi connectivity index (χ3n) is 3.41. The van der Waals surface area contributed by atoms with E-state index in [2.05, 4.69) is 9.97 Å². The van der Waals surface area contributed by atoms with Crippen LogP contribution in [-0.2, 0) is 13.1 Å². The number of hydrogen-bond acceptors (Lipinski definition) is 4. The lowest BCUT2D eigenvalue weighted by atomic mass is 10.2. The highest BCUT2D eigenvalue weighted by Gasteiger charge is 2.19. The van der Waals surface area contributed by atoms with Gasteiger partial charge in [-0.25, -0.2) is 18.6 Å². The molecular weight excluding hydrogens is 342 g/mol. The van der Waals surface area contributed by atoms with Crippen LogP contribution in [0.15, 0.2) is 46.2 Å². The molecule has 9 heteroatoms. The molecule has 0 fully saturated rings. The number of alkyl halides is 2. The lowest BCUT2D eigenvalue weighted by Gasteiger charge is -2.15. The minimum Gasteiger partial charge on any atom is -0.328 e. The monoisotopic (exact) mass is 352 g/mol. The second kappa shape index (κ2) is 6.48. The van der Waals surface area contributed by atoms with E-state index in [0.29, 0.717) is 16.3 Å². The Morgan fingerprint density at radius 1 is 1.21 bits per heavy atom. The first kappa shape index (κ1) is 16.3. The predicted molar refractivity (Wildman–Crippen MR) is 83.7 cm³/mol. The Balaban J connectivity index is 2.09. The van der Waals surface area contributed by atoms with Gasteiger partial charge in [-0.2, -0.15) is 4.98 Å². The summed E-state index contributed by atoms with van der Waals surface area (Å²) < 4.78 is 27.1. The zero-order chi connectivity index (χ0) is 17.3. The molecule has 2 aliphatic heterocycles. The molecule has 0 saturated heterocycles. The minimum atomic E-state index is -2.81. The van der Waals surface area contributed by atoms with Crippen molar-refractivity contribution in [2.45, 2.75) is 19.5 Å². The number of rotatable bonds is 4. The standard InChI is InChI=1S/C15H11ClF2N4O2/c16-11-4-3-9(6-19-11)7-21-5-1-2-10-13(21)20-15(24)22(14(10)23)8-12(17)18/h1-6,12H,7-8H2. The fraction of sp³-hybridized carbons (Fsp3) is 0.200. The van der Waals surface area contributed by atoms with Gasteiger partial charge in [0.05, 0.1) is 18.7 Å². The summed E-state index contributed by atoms with van der Waals surface area (Å²) in [4.78, 5) is 31.9. The molecule has 0 spiro atoms. The van der Waals surface area contributed by atoms with Crippen LogP contribution in [0, 0.1) is 0 Å². The lowest BCUT2D eigenvalue weighted by Crippen LogP contribution is -2.39. The molecule has 0 saturated carbocycles. The van der Waals surface area contributed by atoms with E-state index in [1.54, 1.807) is 35.2 Å². The van der Waals surface area contributed by atoms with Crippen molar-refractivity contribution in [2.75, 3.05) is 0 Å². The van der Waals surface area contributed by atoms with E-state index < -0.39 is 24.2 Å². The third-order valence-corrected chi connectivity index (χ3v) is 3.64. The van der Waals surface area contributed by atoms with Gasteiger partial charge in [0.15, 0.2) is 5.82 Å². The molecule has 0 N–H and O–H groups in total. The summed E-state index contributed by atoms with van der Waals surface area (Å²) in [5, 5.41) is 0.344. The van der Waals surface area contributed by atoms with Crippen LogP contribution in [0.2, 0.25) is 5.15 Å². The maximum absolute atomic E-state index is 12.5. The van der Waals surface area contributed by atoms with Crippen molar-refractivity contribution in [3.8, 4) is 11.4 Å². The summed E-state index contributed by atoms with van der Waals surface area (Å²) in [6.07, 6.45) is 0.385. The van der Waals surface area contributed by atoms with E-state index in [1.165, 1.54) is 6.07 Å². The molecule has 0 atom stereocenters. The fourth-order valence-electron chi connectivity index (χ4n) is 2.34. The zero-order valence-corrected chi connectivity index (χ0v) is 13.0. The van der Waals surface area contributed by atoms with Gasteiger partial charge in [0.2, 0.25) is 0 Å². The first-order chi connectivity index (χ1) is 11.5. The first-order valence-electron chi connectivity index (χ1n) is 6.94. The highest BCUT2D eigenvalue weighted by atomic mass is 35.5. The van der Waals surface area contributed by atoms with Gasteiger partial charge in [-0.1, -0.05) is 17.7 Å². The zero-order valence-electron chi connectivity index (χ0n) is 12.2. The molecule has 0 radical (unpaired) electrons. The van der Waals surface area contributed by atoms with Crippen LogP contribution >= 0.6 is 11.6 Å². The molecule has 1 aromatic heterocycles. The summed E-state index contributed by atoms with van der Waals surface area (Å²) in [7, 11) is 0. The Morgan fingerprint density at radius 2 is 2.00 bits per heavy atom.